The minimum atomic E-state index is 0.488. The van der Waals surface area contributed by atoms with Crippen molar-refractivity contribution in [2.24, 2.45) is 5.73 Å². The van der Waals surface area contributed by atoms with Crippen LogP contribution in [-0.2, 0) is 6.54 Å². The van der Waals surface area contributed by atoms with Crippen LogP contribution in [0.5, 0.6) is 0 Å². The van der Waals surface area contributed by atoms with Gasteiger partial charge in [0.2, 0.25) is 0 Å². The minimum Gasteiger partial charge on any atom is -0.329 e. The van der Waals surface area contributed by atoms with Crippen molar-refractivity contribution in [3.05, 3.63) is 30.1 Å². The van der Waals surface area contributed by atoms with Gasteiger partial charge in [-0.1, -0.05) is 38.7 Å². The third kappa shape index (κ3) is 5.61. The number of hydrogen-bond donors (Lipinski definition) is 1. The lowest BCUT2D eigenvalue weighted by molar-refractivity contribution is 0.222. The Kier molecular flexibility index (Phi) is 7.62. The molecule has 0 aromatic carbocycles. The maximum atomic E-state index is 5.88. The van der Waals surface area contributed by atoms with Crippen LogP contribution in [0, 0.1) is 0 Å². The molecule has 1 heterocycles. The van der Waals surface area contributed by atoms with Crippen molar-refractivity contribution in [2.45, 2.75) is 51.6 Å². The summed E-state index contributed by atoms with van der Waals surface area (Å²) in [6.07, 6.45) is 10.2. The monoisotopic (exact) mass is 249 g/mol. The number of unbranched alkanes of at least 4 members (excludes halogenated alkanes) is 3. The number of hydrogen-bond acceptors (Lipinski definition) is 3. The van der Waals surface area contributed by atoms with Gasteiger partial charge in [0.05, 0.1) is 0 Å². The van der Waals surface area contributed by atoms with E-state index in [4.69, 9.17) is 5.73 Å². The van der Waals surface area contributed by atoms with E-state index in [0.717, 1.165) is 13.1 Å². The Morgan fingerprint density at radius 2 is 2.17 bits per heavy atom. The Morgan fingerprint density at radius 1 is 1.33 bits per heavy atom. The first-order chi connectivity index (χ1) is 8.77. The van der Waals surface area contributed by atoms with Crippen LogP contribution in [-0.4, -0.2) is 29.5 Å². The molecule has 1 unspecified atom stereocenters. The van der Waals surface area contributed by atoms with Crippen molar-refractivity contribution in [2.75, 3.05) is 13.6 Å². The Hall–Kier alpha value is -0.930. The average molecular weight is 249 g/mol. The number of aromatic nitrogens is 1. The maximum absolute atomic E-state index is 5.88. The van der Waals surface area contributed by atoms with Crippen LogP contribution in [0.1, 0.15) is 44.6 Å². The molecule has 102 valence electrons. The van der Waals surface area contributed by atoms with Gasteiger partial charge < -0.3 is 5.73 Å². The van der Waals surface area contributed by atoms with Gasteiger partial charge in [0, 0.05) is 31.5 Å². The topological polar surface area (TPSA) is 42.1 Å². The first kappa shape index (κ1) is 15.1. The predicted octanol–water partition coefficient (Wildman–Crippen LogP) is 2.81. The molecule has 0 aliphatic rings. The number of nitrogens with two attached hydrogens (primary N) is 1. The fraction of sp³-hybridized carbons (Fsp3) is 0.667. The summed E-state index contributed by atoms with van der Waals surface area (Å²) >= 11 is 0. The van der Waals surface area contributed by atoms with E-state index in [0.29, 0.717) is 6.04 Å². The van der Waals surface area contributed by atoms with Gasteiger partial charge in [-0.15, -0.1) is 0 Å². The molecule has 3 heteroatoms. The van der Waals surface area contributed by atoms with Crippen LogP contribution in [0.15, 0.2) is 24.5 Å². The summed E-state index contributed by atoms with van der Waals surface area (Å²) in [4.78, 5) is 6.50. The highest BCUT2D eigenvalue weighted by Crippen LogP contribution is 2.11. The van der Waals surface area contributed by atoms with E-state index >= 15 is 0 Å². The molecule has 1 rings (SSSR count). The molecule has 0 amide bonds. The summed E-state index contributed by atoms with van der Waals surface area (Å²) in [6.45, 7) is 3.92. The molecule has 0 spiro atoms. The van der Waals surface area contributed by atoms with E-state index in [2.05, 4.69) is 29.9 Å². The highest BCUT2D eigenvalue weighted by Gasteiger charge is 2.12. The van der Waals surface area contributed by atoms with Gasteiger partial charge in [0.1, 0.15) is 0 Å². The summed E-state index contributed by atoms with van der Waals surface area (Å²) in [5.74, 6) is 0. The summed E-state index contributed by atoms with van der Waals surface area (Å²) in [5, 5.41) is 0. The Morgan fingerprint density at radius 3 is 2.78 bits per heavy atom. The van der Waals surface area contributed by atoms with Crippen LogP contribution in [0.4, 0.5) is 0 Å². The second-order valence-corrected chi connectivity index (χ2v) is 5.02. The van der Waals surface area contributed by atoms with E-state index < -0.39 is 0 Å². The number of nitrogens with zero attached hydrogens (tertiary/aromatic N) is 2. The number of rotatable bonds is 9. The van der Waals surface area contributed by atoms with E-state index in [1.165, 1.54) is 37.7 Å². The van der Waals surface area contributed by atoms with Gasteiger partial charge in [0.25, 0.3) is 0 Å². The predicted molar refractivity (Wildman–Crippen MR) is 77.3 cm³/mol. The van der Waals surface area contributed by atoms with E-state index in [9.17, 15) is 0 Å². The molecule has 0 radical (unpaired) electrons. The van der Waals surface area contributed by atoms with Crippen molar-refractivity contribution in [3.8, 4) is 0 Å². The van der Waals surface area contributed by atoms with E-state index in [-0.39, 0.29) is 0 Å². The van der Waals surface area contributed by atoms with Crippen molar-refractivity contribution >= 4 is 0 Å². The largest absolute Gasteiger partial charge is 0.329 e. The highest BCUT2D eigenvalue weighted by molar-refractivity contribution is 5.08. The zero-order valence-corrected chi connectivity index (χ0v) is 11.8. The van der Waals surface area contributed by atoms with Crippen LogP contribution in [0.25, 0.3) is 0 Å². The normalized spacial score (nSPS) is 12.9. The molecule has 0 saturated carbocycles. The van der Waals surface area contributed by atoms with Crippen molar-refractivity contribution in [3.63, 3.8) is 0 Å². The Bertz CT molecular complexity index is 300. The molecule has 0 fully saturated rings. The molecule has 0 aliphatic heterocycles. The van der Waals surface area contributed by atoms with Gasteiger partial charge in [-0.25, -0.2) is 0 Å². The van der Waals surface area contributed by atoms with Crippen molar-refractivity contribution < 1.29 is 0 Å². The van der Waals surface area contributed by atoms with E-state index in [1.54, 1.807) is 0 Å². The zero-order chi connectivity index (χ0) is 13.2. The number of pyridine rings is 1. The fourth-order valence-corrected chi connectivity index (χ4v) is 2.23. The van der Waals surface area contributed by atoms with E-state index in [1.807, 2.05) is 18.5 Å². The Balaban J connectivity index is 2.34. The summed E-state index contributed by atoms with van der Waals surface area (Å²) in [7, 11) is 2.16. The summed E-state index contributed by atoms with van der Waals surface area (Å²) < 4.78 is 0. The van der Waals surface area contributed by atoms with Crippen molar-refractivity contribution in [1.82, 2.24) is 9.88 Å². The standard InChI is InChI=1S/C15H27N3/c1-3-4-5-6-9-15(11-16)18(2)13-14-8-7-10-17-12-14/h7-8,10,12,15H,3-6,9,11,13,16H2,1-2H3. The Labute approximate surface area is 111 Å². The SMILES string of the molecule is CCCCCCC(CN)N(C)Cc1cccnc1. The van der Waals surface area contributed by atoms with Crippen LogP contribution in [0.3, 0.4) is 0 Å². The molecule has 18 heavy (non-hydrogen) atoms. The van der Waals surface area contributed by atoms with Crippen LogP contribution in [0.2, 0.25) is 0 Å². The van der Waals surface area contributed by atoms with Crippen molar-refractivity contribution in [1.29, 1.82) is 0 Å². The minimum absolute atomic E-state index is 0.488. The summed E-state index contributed by atoms with van der Waals surface area (Å²) in [6, 6.07) is 4.60. The average Bonchev–Trinajstić information content (AvgIpc) is 2.40. The number of likely N-dealkylation sites (N-methyl/N-ethyl adjacent to an activating group) is 1. The second kappa shape index (κ2) is 9.06. The van der Waals surface area contributed by atoms with Gasteiger partial charge >= 0.3 is 0 Å². The molecular formula is C15H27N3. The first-order valence-corrected chi connectivity index (χ1v) is 7.07. The summed E-state index contributed by atoms with van der Waals surface area (Å²) in [5.41, 5.74) is 7.14. The molecule has 3 nitrogen and oxygen atoms in total. The highest BCUT2D eigenvalue weighted by atomic mass is 15.1. The molecule has 0 bridgehead atoms. The smallest absolute Gasteiger partial charge is 0.0312 e. The van der Waals surface area contributed by atoms with Crippen LogP contribution >= 0.6 is 0 Å². The zero-order valence-electron chi connectivity index (χ0n) is 11.8. The lowest BCUT2D eigenvalue weighted by atomic mass is 10.1. The first-order valence-electron chi connectivity index (χ1n) is 7.07. The quantitative estimate of drug-likeness (QED) is 0.684. The fourth-order valence-electron chi connectivity index (χ4n) is 2.23. The molecule has 1 aromatic rings. The lowest BCUT2D eigenvalue weighted by Gasteiger charge is -2.27. The second-order valence-electron chi connectivity index (χ2n) is 5.02. The van der Waals surface area contributed by atoms with Gasteiger partial charge in [-0.3, -0.25) is 9.88 Å². The molecular weight excluding hydrogens is 222 g/mol. The lowest BCUT2D eigenvalue weighted by Crippen LogP contribution is -2.37. The van der Waals surface area contributed by atoms with Crippen LogP contribution < -0.4 is 5.73 Å². The van der Waals surface area contributed by atoms with Gasteiger partial charge in [0.15, 0.2) is 0 Å². The molecule has 1 aromatic heterocycles. The molecule has 0 aliphatic carbocycles. The molecule has 2 N–H and O–H groups in total. The molecule has 1 atom stereocenters. The van der Waals surface area contributed by atoms with Gasteiger partial charge in [-0.2, -0.15) is 0 Å². The molecule has 0 saturated heterocycles. The van der Waals surface area contributed by atoms with Gasteiger partial charge in [-0.05, 0) is 25.1 Å². The maximum Gasteiger partial charge on any atom is 0.0312 e. The third-order valence-electron chi connectivity index (χ3n) is 3.44. The third-order valence-corrected chi connectivity index (χ3v) is 3.44.